The molecule has 1 N–H and O–H groups in total. The van der Waals surface area contributed by atoms with E-state index in [-0.39, 0.29) is 5.91 Å². The van der Waals surface area contributed by atoms with E-state index in [9.17, 15) is 9.00 Å². The molecule has 0 radical (unpaired) electrons. The van der Waals surface area contributed by atoms with E-state index in [4.69, 9.17) is 5.26 Å². The second kappa shape index (κ2) is 10.1. The predicted molar refractivity (Wildman–Crippen MR) is 142 cm³/mol. The Labute approximate surface area is 208 Å². The third-order valence-electron chi connectivity index (χ3n) is 6.58. The van der Waals surface area contributed by atoms with Crippen LogP contribution in [-0.4, -0.2) is 32.9 Å². The number of carbonyl (C=O) groups excluding carboxylic acids is 1. The van der Waals surface area contributed by atoms with Crippen molar-refractivity contribution in [3.63, 3.8) is 0 Å². The van der Waals surface area contributed by atoms with Crippen molar-refractivity contribution in [3.8, 4) is 6.07 Å². The molecule has 4 rings (SSSR count). The summed E-state index contributed by atoms with van der Waals surface area (Å²) in [5.74, 6) is 4.05. The highest BCUT2D eigenvalue weighted by Gasteiger charge is 2.37. The molecule has 0 fully saturated rings. The van der Waals surface area contributed by atoms with Gasteiger partial charge in [-0.3, -0.25) is 4.79 Å². The molecular formula is C29H31N3O2S. The van der Waals surface area contributed by atoms with Gasteiger partial charge in [0, 0.05) is 13.1 Å². The second-order valence-corrected chi connectivity index (χ2v) is 11.4. The smallest absolute Gasteiger partial charge is 0.238 e. The van der Waals surface area contributed by atoms with Gasteiger partial charge in [-0.1, -0.05) is 54.1 Å². The van der Waals surface area contributed by atoms with Gasteiger partial charge in [0.1, 0.15) is 6.04 Å². The zero-order valence-corrected chi connectivity index (χ0v) is 21.3. The van der Waals surface area contributed by atoms with Crippen LogP contribution in [0, 0.1) is 32.1 Å². The minimum Gasteiger partial charge on any atom is -0.354 e. The topological polar surface area (TPSA) is 73.2 Å². The highest BCUT2D eigenvalue weighted by atomic mass is 32.2. The number of hydrogen-bond acceptors (Lipinski definition) is 3. The number of fused-ring (bicyclic) bond motifs is 1. The Hall–Kier alpha value is -3.40. The van der Waals surface area contributed by atoms with Crippen molar-refractivity contribution in [2.75, 3.05) is 6.54 Å². The van der Waals surface area contributed by atoms with Crippen molar-refractivity contribution in [1.29, 1.82) is 5.26 Å². The van der Waals surface area contributed by atoms with Gasteiger partial charge in [0.15, 0.2) is 0 Å². The number of carbonyl (C=O) groups is 1. The zero-order chi connectivity index (χ0) is 25.2. The van der Waals surface area contributed by atoms with Gasteiger partial charge < -0.3 is 5.32 Å². The van der Waals surface area contributed by atoms with Gasteiger partial charge in [-0.05, 0) is 79.4 Å². The molecular weight excluding hydrogens is 454 g/mol. The van der Waals surface area contributed by atoms with Crippen LogP contribution in [0.15, 0.2) is 65.6 Å². The summed E-state index contributed by atoms with van der Waals surface area (Å²) in [4.78, 5) is 14.2. The van der Waals surface area contributed by atoms with E-state index in [1.807, 2.05) is 75.4 Å². The Bertz CT molecular complexity index is 1400. The van der Waals surface area contributed by atoms with Crippen molar-refractivity contribution in [2.45, 2.75) is 51.1 Å². The van der Waals surface area contributed by atoms with E-state index in [2.05, 4.69) is 17.3 Å². The lowest BCUT2D eigenvalue weighted by Crippen LogP contribution is -2.52. The standard InChI is InChI=1S/C29H31N3O2S/c1-20-14-21(2)28(22(3)15-20)35(4,34)32-19-26-11-6-5-10-25(26)17-27(32)29(33)31-13-12-23-8-7-9-24(16-23)18-30/h5-11,14-16,27H,4,12-13,17,19H2,1-3H3,(H,31,33). The number of amides is 1. The molecule has 0 spiro atoms. The lowest BCUT2D eigenvalue weighted by molar-refractivity contribution is -0.125. The Morgan fingerprint density at radius 1 is 1.09 bits per heavy atom. The van der Waals surface area contributed by atoms with Crippen LogP contribution in [0.2, 0.25) is 0 Å². The number of nitrogens with one attached hydrogen (secondary N) is 1. The Kier molecular flexibility index (Phi) is 7.11. The fraction of sp³-hybridized carbons (Fsp3) is 0.276. The molecule has 180 valence electrons. The number of benzene rings is 3. The van der Waals surface area contributed by atoms with E-state index >= 15 is 0 Å². The number of rotatable bonds is 6. The van der Waals surface area contributed by atoms with E-state index < -0.39 is 15.7 Å². The molecule has 3 aromatic carbocycles. The molecule has 1 heterocycles. The molecule has 1 aliphatic rings. The SMILES string of the molecule is C=S(=O)(c1c(C)cc(C)cc1C)N1Cc2ccccc2CC1C(=O)NCCc1cccc(C#N)c1. The summed E-state index contributed by atoms with van der Waals surface area (Å²) in [6.45, 7) is 6.77. The zero-order valence-electron chi connectivity index (χ0n) is 20.5. The van der Waals surface area contributed by atoms with Crippen molar-refractivity contribution < 1.29 is 9.00 Å². The quantitative estimate of drug-likeness (QED) is 0.530. The molecule has 2 unspecified atom stereocenters. The molecule has 1 amide bonds. The molecule has 6 heteroatoms. The Balaban J connectivity index is 1.62. The highest BCUT2D eigenvalue weighted by molar-refractivity contribution is 7.98. The van der Waals surface area contributed by atoms with Crippen molar-refractivity contribution >= 4 is 21.5 Å². The molecule has 3 aromatic rings. The molecule has 0 saturated heterocycles. The van der Waals surface area contributed by atoms with E-state index in [0.29, 0.717) is 36.4 Å². The molecule has 5 nitrogen and oxygen atoms in total. The highest BCUT2D eigenvalue weighted by Crippen LogP contribution is 2.32. The van der Waals surface area contributed by atoms with E-state index in [0.717, 1.165) is 33.4 Å². The molecule has 0 saturated carbocycles. The average molecular weight is 486 g/mol. The first-order valence-corrected chi connectivity index (χ1v) is 13.4. The number of hydrogen-bond donors (Lipinski definition) is 1. The first kappa shape index (κ1) is 24.7. The second-order valence-electron chi connectivity index (χ2n) is 9.29. The first-order chi connectivity index (χ1) is 16.7. The van der Waals surface area contributed by atoms with Gasteiger partial charge in [-0.15, -0.1) is 0 Å². The predicted octanol–water partition coefficient (Wildman–Crippen LogP) is 4.26. The molecule has 0 aliphatic carbocycles. The summed E-state index contributed by atoms with van der Waals surface area (Å²) in [6, 6.07) is 21.0. The van der Waals surface area contributed by atoms with Gasteiger partial charge in [-0.2, -0.15) is 5.26 Å². The monoisotopic (exact) mass is 485 g/mol. The summed E-state index contributed by atoms with van der Waals surface area (Å²) in [7, 11) is -2.93. The Morgan fingerprint density at radius 3 is 2.46 bits per heavy atom. The van der Waals surface area contributed by atoms with Crippen LogP contribution >= 0.6 is 0 Å². The number of aryl methyl sites for hydroxylation is 3. The summed E-state index contributed by atoms with van der Waals surface area (Å²) in [6.07, 6.45) is 1.09. The lowest BCUT2D eigenvalue weighted by atomic mass is 9.95. The molecule has 2 atom stereocenters. The fourth-order valence-corrected chi connectivity index (χ4v) is 7.35. The summed E-state index contributed by atoms with van der Waals surface area (Å²) in [5, 5.41) is 12.2. The van der Waals surface area contributed by atoms with Crippen LogP contribution in [0.5, 0.6) is 0 Å². The Morgan fingerprint density at radius 2 is 1.77 bits per heavy atom. The van der Waals surface area contributed by atoms with E-state index in [1.54, 1.807) is 10.4 Å². The van der Waals surface area contributed by atoms with E-state index in [1.165, 1.54) is 0 Å². The molecule has 0 aromatic heterocycles. The van der Waals surface area contributed by atoms with Crippen LogP contribution in [0.4, 0.5) is 0 Å². The van der Waals surface area contributed by atoms with Crippen molar-refractivity contribution in [2.24, 2.45) is 0 Å². The first-order valence-electron chi connectivity index (χ1n) is 11.8. The number of nitriles is 1. The van der Waals surface area contributed by atoms with Crippen LogP contribution in [-0.2, 0) is 33.9 Å². The van der Waals surface area contributed by atoms with Crippen molar-refractivity contribution in [1.82, 2.24) is 9.62 Å². The van der Waals surface area contributed by atoms with Crippen molar-refractivity contribution in [3.05, 3.63) is 99.6 Å². The summed E-state index contributed by atoms with van der Waals surface area (Å²) >= 11 is 0. The third-order valence-corrected chi connectivity index (χ3v) is 9.00. The third kappa shape index (κ3) is 5.17. The maximum Gasteiger partial charge on any atom is 0.238 e. The molecule has 0 bridgehead atoms. The van der Waals surface area contributed by atoms with Crippen LogP contribution in [0.25, 0.3) is 0 Å². The largest absolute Gasteiger partial charge is 0.354 e. The van der Waals surface area contributed by atoms with Crippen LogP contribution in [0.1, 0.15) is 38.9 Å². The number of nitrogens with zero attached hydrogens (tertiary/aromatic N) is 2. The fourth-order valence-electron chi connectivity index (χ4n) is 5.06. The van der Waals surface area contributed by atoms with Gasteiger partial charge in [0.25, 0.3) is 0 Å². The van der Waals surface area contributed by atoms with Crippen LogP contribution in [0.3, 0.4) is 0 Å². The lowest BCUT2D eigenvalue weighted by Gasteiger charge is -2.38. The maximum atomic E-state index is 14.4. The summed E-state index contributed by atoms with van der Waals surface area (Å²) in [5.41, 5.74) is 6.72. The van der Waals surface area contributed by atoms with Gasteiger partial charge in [-0.25, -0.2) is 8.51 Å². The van der Waals surface area contributed by atoms with Gasteiger partial charge >= 0.3 is 0 Å². The minimum atomic E-state index is -2.93. The normalized spacial score (nSPS) is 17.1. The molecule has 35 heavy (non-hydrogen) atoms. The van der Waals surface area contributed by atoms with Gasteiger partial charge in [0.05, 0.1) is 26.2 Å². The molecule has 1 aliphatic heterocycles. The minimum absolute atomic E-state index is 0.158. The summed E-state index contributed by atoms with van der Waals surface area (Å²) < 4.78 is 16.2. The van der Waals surface area contributed by atoms with Gasteiger partial charge in [0.2, 0.25) is 5.91 Å². The maximum absolute atomic E-state index is 14.4. The average Bonchev–Trinajstić information content (AvgIpc) is 2.82. The van der Waals surface area contributed by atoms with Crippen LogP contribution < -0.4 is 5.32 Å².